The number of nitrogens with two attached hydrogens (primary N) is 1. The van der Waals surface area contributed by atoms with Crippen LogP contribution in [0.2, 0.25) is 15.5 Å². The first-order chi connectivity index (χ1) is 44.3. The fourth-order valence-electron chi connectivity index (χ4n) is 8.68. The summed E-state index contributed by atoms with van der Waals surface area (Å²) < 4.78 is 44.9. The maximum absolute atomic E-state index is 13.0. The minimum atomic E-state index is -0.406. The fourth-order valence-corrected chi connectivity index (χ4v) is 9.14. The second-order valence-corrected chi connectivity index (χ2v) is 22.9. The lowest BCUT2D eigenvalue weighted by Gasteiger charge is -2.15. The summed E-state index contributed by atoms with van der Waals surface area (Å²) in [6, 6.07) is 17.9. The summed E-state index contributed by atoms with van der Waals surface area (Å²) in [7, 11) is 3.22. The van der Waals surface area contributed by atoms with Crippen molar-refractivity contribution in [3.63, 3.8) is 0 Å². The molecule has 0 amide bonds. The minimum absolute atomic E-state index is 0.00175. The largest absolute Gasteiger partial charge is 0.466 e. The molecule has 0 fully saturated rings. The zero-order valence-corrected chi connectivity index (χ0v) is 56.2. The van der Waals surface area contributed by atoms with Crippen molar-refractivity contribution in [2.75, 3.05) is 70.2 Å². The Labute approximate surface area is 553 Å². The van der Waals surface area contributed by atoms with Gasteiger partial charge in [-0.15, -0.1) is 0 Å². The maximum atomic E-state index is 13.0. The summed E-state index contributed by atoms with van der Waals surface area (Å²) >= 11 is 17.4. The van der Waals surface area contributed by atoms with E-state index < -0.39 is 5.82 Å². The van der Waals surface area contributed by atoms with E-state index in [1.807, 2.05) is 80.5 Å². The van der Waals surface area contributed by atoms with Gasteiger partial charge < -0.3 is 54.5 Å². The number of halogens is 5. The maximum Gasteiger partial charge on any atom is 0.306 e. The molecule has 0 bridgehead atoms. The van der Waals surface area contributed by atoms with Crippen LogP contribution in [0.3, 0.4) is 0 Å². The van der Waals surface area contributed by atoms with Crippen molar-refractivity contribution in [3.8, 4) is 0 Å². The Morgan fingerprint density at radius 1 is 0.591 bits per heavy atom. The fraction of sp³-hybridized carbons (Fsp3) is 0.379. The molecule has 0 aliphatic carbocycles. The number of aliphatic hydroxyl groups is 2. The molecule has 6 N–H and O–H groups in total. The number of hydrogen-bond acceptors (Lipinski definition) is 19. The number of pyridine rings is 9. The number of aliphatic hydroxyl groups excluding tert-OH is 2. The minimum Gasteiger partial charge on any atom is -0.466 e. The van der Waals surface area contributed by atoms with Gasteiger partial charge in [0.2, 0.25) is 0 Å². The summed E-state index contributed by atoms with van der Waals surface area (Å²) in [4.78, 5) is 82.5. The van der Waals surface area contributed by atoms with E-state index in [0.717, 1.165) is 56.3 Å². The predicted molar refractivity (Wildman–Crippen MR) is 364 cm³/mol. The van der Waals surface area contributed by atoms with Crippen LogP contribution in [-0.4, -0.2) is 120 Å². The number of nitrogens with zero attached hydrogens (tertiary/aromatic N) is 9. The molecule has 0 spiro atoms. The van der Waals surface area contributed by atoms with Gasteiger partial charge >= 0.3 is 5.97 Å². The highest BCUT2D eigenvalue weighted by atomic mass is 35.5. The number of nitrogens with one attached hydrogen (secondary N) is 2. The Morgan fingerprint density at radius 3 is 1.43 bits per heavy atom. The normalized spacial score (nSPS) is 10.8. The van der Waals surface area contributed by atoms with Crippen LogP contribution in [0.25, 0.3) is 32.7 Å². The summed E-state index contributed by atoms with van der Waals surface area (Å²) in [5.41, 5.74) is 10.6. The number of ether oxygens (including phenoxy) is 3. The third kappa shape index (κ3) is 24.2. The molecule has 9 aromatic heterocycles. The van der Waals surface area contributed by atoms with Gasteiger partial charge in [-0.1, -0.05) is 90.2 Å². The molecule has 500 valence electrons. The van der Waals surface area contributed by atoms with E-state index in [4.69, 9.17) is 65.0 Å². The highest BCUT2D eigenvalue weighted by Gasteiger charge is 2.16. The van der Waals surface area contributed by atoms with E-state index in [0.29, 0.717) is 108 Å². The number of aldehydes is 1. The number of nitrogen functional groups attached to an aromatic ring is 1. The van der Waals surface area contributed by atoms with Gasteiger partial charge in [-0.25, -0.2) is 38.7 Å². The topological polar surface area (TPSA) is 296 Å². The second kappa shape index (κ2) is 39.2. The van der Waals surface area contributed by atoms with Gasteiger partial charge in [0.05, 0.1) is 67.5 Å². The highest BCUT2D eigenvalue weighted by molar-refractivity contribution is 6.30. The van der Waals surface area contributed by atoms with E-state index in [2.05, 4.69) is 40.5 Å². The Bertz CT molecular complexity index is 4020. The van der Waals surface area contributed by atoms with Crippen LogP contribution in [-0.2, 0) is 38.6 Å². The van der Waals surface area contributed by atoms with Crippen LogP contribution in [0, 0.1) is 17.6 Å². The summed E-state index contributed by atoms with van der Waals surface area (Å²) in [5.74, 6) is 1.30. The average Bonchev–Trinajstić information content (AvgIpc) is 0.859. The molecule has 0 aromatic carbocycles. The predicted octanol–water partition coefficient (Wildman–Crippen LogP) is 11.8. The number of rotatable bonds is 20. The molecule has 0 unspecified atom stereocenters. The van der Waals surface area contributed by atoms with E-state index in [1.165, 1.54) is 30.5 Å². The molecule has 9 rings (SSSR count). The number of hydrogen-bond donors (Lipinski definition) is 5. The molecule has 27 heteroatoms. The number of carbonyl (C=O) groups excluding carboxylic acids is 2. The SMILES string of the molecule is CC(C)c1cc2cnc(Cl)cc2n(CCO)c1=O.CCOC(=O)CC(C)C.COCCn1c(=O)c(C(C)C)cc2cnc(Cl)cc21.COCCn1c(=O)c(C(C)C)cc2cnc(Nc3ccc(F)cn3)cc21.Nc1ccc(F)cn1.O=Cc1cnc(Cl)cc1NCCO. The molecular weight excluding hydrogens is 1270 g/mol. The summed E-state index contributed by atoms with van der Waals surface area (Å²) in [6.07, 6.45) is 9.88. The average molecular weight is 1350 g/mol. The Balaban J connectivity index is 0.000000248. The van der Waals surface area contributed by atoms with Crippen LogP contribution >= 0.6 is 34.8 Å². The number of aromatic nitrogens is 9. The summed E-state index contributed by atoms with van der Waals surface area (Å²) in [5, 5.41) is 27.2. The van der Waals surface area contributed by atoms with E-state index in [9.17, 15) is 32.8 Å². The zero-order chi connectivity index (χ0) is 68.9. The van der Waals surface area contributed by atoms with E-state index in [-0.39, 0.29) is 66.0 Å². The van der Waals surface area contributed by atoms with Crippen LogP contribution in [0.5, 0.6) is 0 Å². The smallest absolute Gasteiger partial charge is 0.306 e. The lowest BCUT2D eigenvalue weighted by atomic mass is 10.0. The molecule has 0 radical (unpaired) electrons. The lowest BCUT2D eigenvalue weighted by molar-refractivity contribution is -0.143. The van der Waals surface area contributed by atoms with Gasteiger partial charge in [-0.05, 0) is 91.3 Å². The second-order valence-electron chi connectivity index (χ2n) is 21.8. The number of esters is 1. The molecule has 0 saturated carbocycles. The number of fused-ring (bicyclic) bond motifs is 3. The van der Waals surface area contributed by atoms with Crippen LogP contribution in [0.4, 0.5) is 31.9 Å². The zero-order valence-electron chi connectivity index (χ0n) is 53.9. The van der Waals surface area contributed by atoms with Crippen LogP contribution < -0.4 is 33.0 Å². The van der Waals surface area contributed by atoms with Crippen molar-refractivity contribution in [1.82, 2.24) is 43.6 Å². The first-order valence-electron chi connectivity index (χ1n) is 29.7. The van der Waals surface area contributed by atoms with Crippen LogP contribution in [0.15, 0.2) is 118 Å². The first kappa shape index (κ1) is 77.1. The first-order valence-corrected chi connectivity index (χ1v) is 30.8. The molecule has 0 aliphatic heterocycles. The molecule has 9 heterocycles. The Morgan fingerprint density at radius 2 is 1.03 bits per heavy atom. The van der Waals surface area contributed by atoms with Gasteiger partial charge in [0.15, 0.2) is 6.29 Å². The van der Waals surface area contributed by atoms with Crippen molar-refractivity contribution >= 4 is 103 Å². The molecule has 9 aromatic rings. The monoisotopic (exact) mass is 1340 g/mol. The highest BCUT2D eigenvalue weighted by Crippen LogP contribution is 2.24. The Hall–Kier alpha value is -8.36. The van der Waals surface area contributed by atoms with Gasteiger partial charge in [-0.2, -0.15) is 0 Å². The number of carbonyl (C=O) groups is 2. The standard InChI is InChI=1S/C19H21FN4O2.C14H17ClN2O2.C13H15ClN2O2.C8H9ClN2O2.C7H14O2.C5H5FN2/c1-12(2)15-8-13-10-21-18(23-17-5-4-14(20)11-22-17)9-16(13)24(19(15)25)6-7-26-3;1-9(2)11-6-10-8-16-13(15)7-12(10)17(14(11)18)4-5-19-3;1-8(2)10-5-9-7-15-12(14)6-11(9)16(3-4-17)13(10)18;9-8-3-7(10-1-2-12)6(5-13)4-11-8;1-4-9-7(8)5-6(2)3;6-4-1-2-5(7)8-3-4/h4-5,8-12H,6-7H2,1-3H3,(H,21,22,23);6-9H,4-5H2,1-3H3;5-8,17H,3-4H2,1-2H3;3-5,12H,1-2H2,(H,10,11);6H,4-5H2,1-3H3;1-3H,(H2,7,8). The van der Waals surface area contributed by atoms with Crippen LogP contribution in [0.1, 0.15) is 114 Å². The van der Waals surface area contributed by atoms with Crippen molar-refractivity contribution in [2.45, 2.75) is 106 Å². The van der Waals surface area contributed by atoms with Crippen molar-refractivity contribution in [3.05, 3.63) is 184 Å². The third-order valence-electron chi connectivity index (χ3n) is 13.2. The van der Waals surface area contributed by atoms with E-state index in [1.54, 1.807) is 70.8 Å². The van der Waals surface area contributed by atoms with Crippen molar-refractivity contribution in [2.24, 2.45) is 5.92 Å². The molecule has 0 atom stereocenters. The van der Waals surface area contributed by atoms with Gasteiger partial charge in [0.25, 0.3) is 16.7 Å². The van der Waals surface area contributed by atoms with Gasteiger partial charge in [-0.3, -0.25) is 24.0 Å². The van der Waals surface area contributed by atoms with E-state index >= 15 is 0 Å². The molecular formula is C66H81Cl3F2N12O10. The summed E-state index contributed by atoms with van der Waals surface area (Å²) in [6.45, 7) is 20.7. The molecule has 93 heavy (non-hydrogen) atoms. The lowest BCUT2D eigenvalue weighted by Crippen LogP contribution is -2.26. The van der Waals surface area contributed by atoms with Gasteiger partial charge in [0, 0.05) is 116 Å². The van der Waals surface area contributed by atoms with Gasteiger partial charge in [0.1, 0.15) is 44.5 Å². The quantitative estimate of drug-likeness (QED) is 0.0269. The molecule has 0 saturated heterocycles. The number of anilines is 4. The third-order valence-corrected chi connectivity index (χ3v) is 13.9. The molecule has 0 aliphatic rings. The van der Waals surface area contributed by atoms with Crippen molar-refractivity contribution < 1.29 is 42.8 Å². The number of methoxy groups -OCH3 is 2. The van der Waals surface area contributed by atoms with Crippen molar-refractivity contribution in [1.29, 1.82) is 0 Å². The Kier molecular flexibility index (Phi) is 32.5. The molecule has 22 nitrogen and oxygen atoms in total.